The minimum absolute atomic E-state index is 0.115. The predicted octanol–water partition coefficient (Wildman–Crippen LogP) is 1.27. The van der Waals surface area contributed by atoms with Crippen molar-refractivity contribution >= 4 is 12.0 Å². The highest BCUT2D eigenvalue weighted by molar-refractivity contribution is 5.74. The lowest BCUT2D eigenvalue weighted by Crippen LogP contribution is -2.49. The third kappa shape index (κ3) is 7.33. The van der Waals surface area contributed by atoms with Crippen molar-refractivity contribution in [2.45, 2.75) is 45.1 Å². The molecule has 0 spiro atoms. The van der Waals surface area contributed by atoms with E-state index in [-0.39, 0.29) is 18.5 Å². The summed E-state index contributed by atoms with van der Waals surface area (Å²) >= 11 is 0. The Balaban J connectivity index is 2.09. The molecule has 0 aromatic heterocycles. The van der Waals surface area contributed by atoms with Gasteiger partial charge in [-0.1, -0.05) is 6.92 Å². The third-order valence-corrected chi connectivity index (χ3v) is 3.73. The molecule has 2 unspecified atom stereocenters. The van der Waals surface area contributed by atoms with Gasteiger partial charge in [-0.3, -0.25) is 4.79 Å². The Bertz CT molecular complexity index is 323. The van der Waals surface area contributed by atoms with E-state index in [4.69, 9.17) is 5.11 Å². The van der Waals surface area contributed by atoms with Crippen LogP contribution in [0.5, 0.6) is 0 Å². The summed E-state index contributed by atoms with van der Waals surface area (Å²) in [5.74, 6) is -0.448. The average Bonchev–Trinajstić information content (AvgIpc) is 2.36. The number of carbonyl (C=O) groups is 2. The van der Waals surface area contributed by atoms with Crippen molar-refractivity contribution < 1.29 is 14.7 Å². The lowest BCUT2D eigenvalue weighted by atomic mass is 10.0. The first-order chi connectivity index (χ1) is 9.47. The van der Waals surface area contributed by atoms with E-state index in [1.807, 2.05) is 6.92 Å². The second kappa shape index (κ2) is 8.79. The molecule has 1 rings (SSSR count). The molecule has 6 nitrogen and oxygen atoms in total. The lowest BCUT2D eigenvalue weighted by Gasteiger charge is -2.30. The van der Waals surface area contributed by atoms with Crippen molar-refractivity contribution in [3.05, 3.63) is 0 Å². The monoisotopic (exact) mass is 285 g/mol. The largest absolute Gasteiger partial charge is 0.481 e. The summed E-state index contributed by atoms with van der Waals surface area (Å²) in [6, 6.07) is 0.119. The van der Waals surface area contributed by atoms with Crippen LogP contribution in [0.3, 0.4) is 0 Å². The molecule has 6 heteroatoms. The zero-order valence-electron chi connectivity index (χ0n) is 12.5. The summed E-state index contributed by atoms with van der Waals surface area (Å²) in [6.07, 6.45) is 3.82. The predicted molar refractivity (Wildman–Crippen MR) is 77.7 cm³/mol. The van der Waals surface area contributed by atoms with Gasteiger partial charge in [-0.25, -0.2) is 4.79 Å². The number of urea groups is 1. The van der Waals surface area contributed by atoms with Gasteiger partial charge in [-0.2, -0.15) is 0 Å². The standard InChI is InChI=1S/C14H27N3O3/c1-11(5-6-13(18)19)7-8-15-14(20)16-12-4-3-9-17(2)10-12/h11-12H,3-10H2,1-2H3,(H,18,19)(H2,15,16,20). The molecule has 0 aliphatic carbocycles. The van der Waals surface area contributed by atoms with Gasteiger partial charge in [-0.05, 0) is 45.2 Å². The Morgan fingerprint density at radius 3 is 2.80 bits per heavy atom. The number of amides is 2. The van der Waals surface area contributed by atoms with Gasteiger partial charge >= 0.3 is 12.0 Å². The molecule has 1 aliphatic rings. The van der Waals surface area contributed by atoms with E-state index in [1.54, 1.807) is 0 Å². The Kier molecular flexibility index (Phi) is 7.36. The highest BCUT2D eigenvalue weighted by Gasteiger charge is 2.18. The molecular weight excluding hydrogens is 258 g/mol. The smallest absolute Gasteiger partial charge is 0.315 e. The summed E-state index contributed by atoms with van der Waals surface area (Å²) in [4.78, 5) is 24.4. The number of aliphatic carboxylic acids is 1. The van der Waals surface area contributed by atoms with Crippen LogP contribution in [-0.4, -0.2) is 54.7 Å². The molecule has 2 amide bonds. The number of hydrogen-bond donors (Lipinski definition) is 3. The van der Waals surface area contributed by atoms with E-state index in [0.717, 1.165) is 32.4 Å². The van der Waals surface area contributed by atoms with Crippen LogP contribution in [0.15, 0.2) is 0 Å². The average molecular weight is 285 g/mol. The fourth-order valence-corrected chi connectivity index (χ4v) is 2.47. The number of carboxylic acids is 1. The summed E-state index contributed by atoms with van der Waals surface area (Å²) < 4.78 is 0. The van der Waals surface area contributed by atoms with Gasteiger partial charge in [0.25, 0.3) is 0 Å². The van der Waals surface area contributed by atoms with Gasteiger partial charge in [0.05, 0.1) is 0 Å². The normalized spacial score (nSPS) is 21.2. The maximum Gasteiger partial charge on any atom is 0.315 e. The van der Waals surface area contributed by atoms with E-state index < -0.39 is 5.97 Å². The molecule has 0 aromatic rings. The van der Waals surface area contributed by atoms with Gasteiger partial charge in [0.15, 0.2) is 0 Å². The summed E-state index contributed by atoms with van der Waals surface area (Å²) in [7, 11) is 2.07. The minimum atomic E-state index is -0.760. The van der Waals surface area contributed by atoms with E-state index in [2.05, 4.69) is 22.6 Å². The molecule has 2 atom stereocenters. The van der Waals surface area contributed by atoms with E-state index >= 15 is 0 Å². The number of hydrogen-bond acceptors (Lipinski definition) is 3. The topological polar surface area (TPSA) is 81.7 Å². The van der Waals surface area contributed by atoms with Crippen LogP contribution in [0, 0.1) is 5.92 Å². The van der Waals surface area contributed by atoms with Crippen molar-refractivity contribution in [1.82, 2.24) is 15.5 Å². The van der Waals surface area contributed by atoms with Gasteiger partial charge in [-0.15, -0.1) is 0 Å². The first kappa shape index (κ1) is 16.8. The number of likely N-dealkylation sites (tertiary alicyclic amines) is 1. The Hall–Kier alpha value is -1.30. The first-order valence-corrected chi connectivity index (χ1v) is 7.42. The maximum atomic E-state index is 11.7. The summed E-state index contributed by atoms with van der Waals surface area (Å²) in [5, 5.41) is 14.4. The molecule has 20 heavy (non-hydrogen) atoms. The number of likely N-dealkylation sites (N-methyl/N-ethyl adjacent to an activating group) is 1. The van der Waals surface area contributed by atoms with Crippen LogP contribution in [0.2, 0.25) is 0 Å². The van der Waals surface area contributed by atoms with Crippen LogP contribution in [0.4, 0.5) is 4.79 Å². The van der Waals surface area contributed by atoms with Crippen molar-refractivity contribution in [2.24, 2.45) is 5.92 Å². The van der Waals surface area contributed by atoms with Crippen LogP contribution < -0.4 is 10.6 Å². The molecule has 1 aliphatic heterocycles. The Labute approximate surface area is 120 Å². The lowest BCUT2D eigenvalue weighted by molar-refractivity contribution is -0.137. The van der Waals surface area contributed by atoms with E-state index in [9.17, 15) is 9.59 Å². The van der Waals surface area contributed by atoms with Crippen molar-refractivity contribution in [3.8, 4) is 0 Å². The molecule has 3 N–H and O–H groups in total. The molecule has 1 heterocycles. The second-order valence-electron chi connectivity index (χ2n) is 5.83. The summed E-state index contributed by atoms with van der Waals surface area (Å²) in [6.45, 7) is 4.61. The SMILES string of the molecule is CC(CCNC(=O)NC1CCCN(C)C1)CCC(=O)O. The zero-order valence-corrected chi connectivity index (χ0v) is 12.5. The van der Waals surface area contributed by atoms with Crippen molar-refractivity contribution in [3.63, 3.8) is 0 Å². The molecule has 1 saturated heterocycles. The molecule has 0 saturated carbocycles. The van der Waals surface area contributed by atoms with Gasteiger partial charge < -0.3 is 20.6 Å². The fourth-order valence-electron chi connectivity index (χ4n) is 2.47. The summed E-state index contributed by atoms with van der Waals surface area (Å²) in [5.41, 5.74) is 0. The van der Waals surface area contributed by atoms with E-state index in [0.29, 0.717) is 18.9 Å². The molecule has 0 radical (unpaired) electrons. The number of nitrogens with zero attached hydrogens (tertiary/aromatic N) is 1. The number of nitrogens with one attached hydrogen (secondary N) is 2. The van der Waals surface area contributed by atoms with Crippen LogP contribution in [0.25, 0.3) is 0 Å². The molecule has 0 bridgehead atoms. The van der Waals surface area contributed by atoms with Gasteiger partial charge in [0, 0.05) is 25.6 Å². The quantitative estimate of drug-likeness (QED) is 0.658. The number of rotatable bonds is 7. The highest BCUT2D eigenvalue weighted by atomic mass is 16.4. The minimum Gasteiger partial charge on any atom is -0.481 e. The molecule has 116 valence electrons. The van der Waals surface area contributed by atoms with Crippen LogP contribution in [-0.2, 0) is 4.79 Å². The zero-order chi connectivity index (χ0) is 15.0. The fraction of sp³-hybridized carbons (Fsp3) is 0.857. The van der Waals surface area contributed by atoms with Crippen molar-refractivity contribution in [1.29, 1.82) is 0 Å². The van der Waals surface area contributed by atoms with Gasteiger partial charge in [0.2, 0.25) is 0 Å². The molecular formula is C14H27N3O3. The maximum absolute atomic E-state index is 11.7. The molecule has 1 fully saturated rings. The van der Waals surface area contributed by atoms with E-state index in [1.165, 1.54) is 0 Å². The Morgan fingerprint density at radius 2 is 2.15 bits per heavy atom. The Morgan fingerprint density at radius 1 is 1.40 bits per heavy atom. The molecule has 0 aromatic carbocycles. The van der Waals surface area contributed by atoms with Crippen LogP contribution in [0.1, 0.15) is 39.0 Å². The third-order valence-electron chi connectivity index (χ3n) is 3.73. The highest BCUT2D eigenvalue weighted by Crippen LogP contribution is 2.09. The van der Waals surface area contributed by atoms with Crippen molar-refractivity contribution in [2.75, 3.05) is 26.7 Å². The number of carbonyl (C=O) groups excluding carboxylic acids is 1. The number of piperidine rings is 1. The van der Waals surface area contributed by atoms with Crippen LogP contribution >= 0.6 is 0 Å². The first-order valence-electron chi connectivity index (χ1n) is 7.42. The van der Waals surface area contributed by atoms with Gasteiger partial charge in [0.1, 0.15) is 0 Å². The second-order valence-corrected chi connectivity index (χ2v) is 5.83. The number of carboxylic acid groups (broad SMARTS) is 1.